The summed E-state index contributed by atoms with van der Waals surface area (Å²) >= 11 is 0. The van der Waals surface area contributed by atoms with Crippen molar-refractivity contribution in [2.75, 3.05) is 57.6 Å². The smallest absolute Gasteiger partial charge is 0.263 e. The maximum atomic E-state index is 12.8. The Morgan fingerprint density at radius 3 is 2.68 bits per heavy atom. The molecule has 2 aliphatic heterocycles. The van der Waals surface area contributed by atoms with Crippen LogP contribution in [-0.4, -0.2) is 86.1 Å². The quantitative estimate of drug-likeness (QED) is 0.456. The first-order valence-corrected chi connectivity index (χ1v) is 14.2. The van der Waals surface area contributed by atoms with Crippen LogP contribution in [0.3, 0.4) is 0 Å². The summed E-state index contributed by atoms with van der Waals surface area (Å²) in [6.07, 6.45) is 7.05. The number of nitrogens with one attached hydrogen (secondary N) is 1. The average molecular weight is 543 g/mol. The first-order chi connectivity index (χ1) is 18.2. The molecule has 3 aromatic rings. The van der Waals surface area contributed by atoms with Crippen molar-refractivity contribution in [3.05, 3.63) is 36.8 Å². The van der Waals surface area contributed by atoms with Gasteiger partial charge in [-0.25, -0.2) is 23.1 Å². The molecular weight excluding hydrogens is 508 g/mol. The van der Waals surface area contributed by atoms with Gasteiger partial charge in [0.15, 0.2) is 11.6 Å². The number of rotatable bonds is 7. The summed E-state index contributed by atoms with van der Waals surface area (Å²) in [4.78, 5) is 13.5. The number of sulfonamides is 1. The Kier molecular flexibility index (Phi) is 7.52. The van der Waals surface area contributed by atoms with Gasteiger partial charge in [0.2, 0.25) is 10.0 Å². The summed E-state index contributed by atoms with van der Waals surface area (Å²) in [6, 6.07) is 5.54. The predicted octanol–water partition coefficient (Wildman–Crippen LogP) is 2.11. The first-order valence-electron chi connectivity index (χ1n) is 12.7. The molecule has 0 saturated carbocycles. The van der Waals surface area contributed by atoms with Gasteiger partial charge in [-0.05, 0) is 65.1 Å². The molecule has 2 aromatic heterocycles. The minimum atomic E-state index is -3.71. The fourth-order valence-corrected chi connectivity index (χ4v) is 5.61. The number of nitrogens with zero attached hydrogens (tertiary/aromatic N) is 6. The van der Waals surface area contributed by atoms with Crippen molar-refractivity contribution >= 4 is 21.5 Å². The largest absolute Gasteiger partial charge is 0.433 e. The molecule has 0 amide bonds. The molecule has 0 spiro atoms. The van der Waals surface area contributed by atoms with Crippen LogP contribution in [0.1, 0.15) is 25.8 Å². The van der Waals surface area contributed by atoms with Crippen molar-refractivity contribution in [1.29, 1.82) is 0 Å². The van der Waals surface area contributed by atoms with Crippen LogP contribution in [0.4, 0.5) is 11.5 Å². The molecule has 38 heavy (non-hydrogen) atoms. The zero-order valence-corrected chi connectivity index (χ0v) is 22.7. The molecular formula is C25H34N8O4S. The van der Waals surface area contributed by atoms with E-state index < -0.39 is 10.0 Å². The molecule has 12 nitrogen and oxygen atoms in total. The van der Waals surface area contributed by atoms with Gasteiger partial charge in [0.05, 0.1) is 48.4 Å². The van der Waals surface area contributed by atoms with E-state index in [0.29, 0.717) is 42.8 Å². The lowest BCUT2D eigenvalue weighted by molar-refractivity contribution is 0.0989. The van der Waals surface area contributed by atoms with E-state index in [9.17, 15) is 8.42 Å². The van der Waals surface area contributed by atoms with Gasteiger partial charge in [-0.1, -0.05) is 0 Å². The molecule has 1 atom stereocenters. The molecule has 0 bridgehead atoms. The van der Waals surface area contributed by atoms with Crippen molar-refractivity contribution in [2.24, 2.45) is 0 Å². The Balaban J connectivity index is 1.46. The minimum absolute atomic E-state index is 0.0848. The summed E-state index contributed by atoms with van der Waals surface area (Å²) < 4.78 is 41.4. The van der Waals surface area contributed by atoms with E-state index in [0.717, 1.165) is 31.6 Å². The number of hydrogen-bond donors (Lipinski definition) is 2. The van der Waals surface area contributed by atoms with Crippen molar-refractivity contribution in [1.82, 2.24) is 29.4 Å². The maximum absolute atomic E-state index is 12.8. The summed E-state index contributed by atoms with van der Waals surface area (Å²) in [7, 11) is -0.201. The van der Waals surface area contributed by atoms with Gasteiger partial charge < -0.3 is 25.0 Å². The first kappa shape index (κ1) is 26.4. The SMILES string of the molecule is CNS(=O)(=O)c1cc(-c2cnc(N)c(Oc3cnn(C4CCN(C)CC4)c3)n2)cc(N2CCOCC2C)c1. The van der Waals surface area contributed by atoms with Crippen LogP contribution < -0.4 is 20.1 Å². The number of nitrogen functional groups attached to an aromatic ring is 1. The van der Waals surface area contributed by atoms with Crippen molar-refractivity contribution in [2.45, 2.75) is 36.7 Å². The van der Waals surface area contributed by atoms with Gasteiger partial charge in [-0.3, -0.25) is 4.68 Å². The number of piperidine rings is 1. The normalized spacial score (nSPS) is 19.6. The molecule has 2 saturated heterocycles. The fraction of sp³-hybridized carbons (Fsp3) is 0.480. The number of likely N-dealkylation sites (tertiary alicyclic amines) is 1. The van der Waals surface area contributed by atoms with Crippen molar-refractivity contribution in [3.8, 4) is 22.9 Å². The Labute approximate surface area is 222 Å². The lowest BCUT2D eigenvalue weighted by Crippen LogP contribution is -2.43. The van der Waals surface area contributed by atoms with Crippen LogP contribution in [0.5, 0.6) is 11.6 Å². The molecule has 1 unspecified atom stereocenters. The van der Waals surface area contributed by atoms with E-state index in [4.69, 9.17) is 15.2 Å². The van der Waals surface area contributed by atoms with E-state index in [1.165, 1.54) is 13.2 Å². The molecule has 3 N–H and O–H groups in total. The molecule has 0 radical (unpaired) electrons. The standard InChI is InChI=1S/C25H34N8O4S/c1-17-16-36-9-8-32(17)20-10-18(11-22(12-20)38(34,35)27-2)23-14-28-24(26)25(30-23)37-21-13-29-33(15-21)19-4-6-31(3)7-5-19/h10-15,17,19,27H,4-9,16H2,1-3H3,(H2,26,28). The van der Waals surface area contributed by atoms with Gasteiger partial charge in [0.25, 0.3) is 5.88 Å². The van der Waals surface area contributed by atoms with Gasteiger partial charge >= 0.3 is 0 Å². The fourth-order valence-electron chi connectivity index (χ4n) is 4.82. The highest BCUT2D eigenvalue weighted by Crippen LogP contribution is 2.33. The van der Waals surface area contributed by atoms with Gasteiger partial charge in [0, 0.05) is 23.8 Å². The van der Waals surface area contributed by atoms with Gasteiger partial charge in [-0.2, -0.15) is 5.10 Å². The third kappa shape index (κ3) is 5.60. The Hall–Kier alpha value is -3.26. The topological polar surface area (TPSA) is 141 Å². The lowest BCUT2D eigenvalue weighted by atomic mass is 10.1. The van der Waals surface area contributed by atoms with Crippen LogP contribution >= 0.6 is 0 Å². The van der Waals surface area contributed by atoms with Crippen LogP contribution in [0.15, 0.2) is 41.7 Å². The van der Waals surface area contributed by atoms with Crippen LogP contribution in [0, 0.1) is 0 Å². The van der Waals surface area contributed by atoms with E-state index in [1.807, 2.05) is 23.9 Å². The van der Waals surface area contributed by atoms with Gasteiger partial charge in [0.1, 0.15) is 0 Å². The second kappa shape index (κ2) is 10.8. The number of hydrogen-bond acceptors (Lipinski definition) is 10. The van der Waals surface area contributed by atoms with E-state index in [-0.39, 0.29) is 22.6 Å². The molecule has 0 aliphatic carbocycles. The molecule has 2 fully saturated rings. The highest BCUT2D eigenvalue weighted by Gasteiger charge is 2.24. The molecule has 2 aliphatic rings. The number of ether oxygens (including phenoxy) is 2. The molecule has 13 heteroatoms. The number of nitrogens with two attached hydrogens (primary N) is 1. The van der Waals surface area contributed by atoms with Gasteiger partial charge in [-0.15, -0.1) is 0 Å². The summed E-state index contributed by atoms with van der Waals surface area (Å²) in [5.41, 5.74) is 7.88. The average Bonchev–Trinajstić information content (AvgIpc) is 3.39. The summed E-state index contributed by atoms with van der Waals surface area (Å²) in [6.45, 7) is 5.85. The second-order valence-electron chi connectivity index (χ2n) is 9.78. The van der Waals surface area contributed by atoms with Crippen LogP contribution in [0.25, 0.3) is 11.3 Å². The number of anilines is 2. The summed E-state index contributed by atoms with van der Waals surface area (Å²) in [5.74, 6) is 0.770. The van der Waals surface area contributed by atoms with Crippen LogP contribution in [-0.2, 0) is 14.8 Å². The third-order valence-corrected chi connectivity index (χ3v) is 8.48. The molecule has 4 heterocycles. The van der Waals surface area contributed by atoms with Crippen molar-refractivity contribution < 1.29 is 17.9 Å². The van der Waals surface area contributed by atoms with E-state index in [1.54, 1.807) is 18.3 Å². The molecule has 204 valence electrons. The molecule has 5 rings (SSSR count). The molecule has 1 aromatic carbocycles. The number of morpholine rings is 1. The Morgan fingerprint density at radius 2 is 1.95 bits per heavy atom. The monoisotopic (exact) mass is 542 g/mol. The lowest BCUT2D eigenvalue weighted by Gasteiger charge is -2.35. The minimum Gasteiger partial charge on any atom is -0.433 e. The predicted molar refractivity (Wildman–Crippen MR) is 144 cm³/mol. The zero-order chi connectivity index (χ0) is 26.9. The Bertz CT molecular complexity index is 1390. The summed E-state index contributed by atoms with van der Waals surface area (Å²) in [5, 5.41) is 4.48. The van der Waals surface area contributed by atoms with Crippen molar-refractivity contribution in [3.63, 3.8) is 0 Å². The highest BCUT2D eigenvalue weighted by atomic mass is 32.2. The van der Waals surface area contributed by atoms with E-state index in [2.05, 4.69) is 36.6 Å². The zero-order valence-electron chi connectivity index (χ0n) is 21.9. The Morgan fingerprint density at radius 1 is 1.16 bits per heavy atom. The number of aromatic nitrogens is 4. The number of benzene rings is 1. The van der Waals surface area contributed by atoms with Crippen LogP contribution in [0.2, 0.25) is 0 Å². The van der Waals surface area contributed by atoms with E-state index >= 15 is 0 Å². The third-order valence-electron chi connectivity index (χ3n) is 7.09. The highest BCUT2D eigenvalue weighted by molar-refractivity contribution is 7.89. The maximum Gasteiger partial charge on any atom is 0.263 e. The second-order valence-corrected chi connectivity index (χ2v) is 11.7.